The lowest BCUT2D eigenvalue weighted by Gasteiger charge is -2.18. The molecule has 0 saturated heterocycles. The molecule has 0 aliphatic carbocycles. The highest BCUT2D eigenvalue weighted by atomic mass is 16.2. The van der Waals surface area contributed by atoms with Gasteiger partial charge < -0.3 is 4.90 Å². The summed E-state index contributed by atoms with van der Waals surface area (Å²) in [5.41, 5.74) is 2.67. The van der Waals surface area contributed by atoms with Crippen molar-refractivity contribution >= 4 is 5.91 Å². The summed E-state index contributed by atoms with van der Waals surface area (Å²) in [5.74, 6) is 0.140. The Morgan fingerprint density at radius 3 is 2.28 bits per heavy atom. The molecule has 2 nitrogen and oxygen atoms in total. The van der Waals surface area contributed by atoms with Crippen molar-refractivity contribution in [3.63, 3.8) is 0 Å². The number of carbonyl (C=O) groups is 1. The molecule has 0 aromatic heterocycles. The van der Waals surface area contributed by atoms with Gasteiger partial charge in [-0.05, 0) is 39.8 Å². The summed E-state index contributed by atoms with van der Waals surface area (Å²) in [6.45, 7) is 14.5. The summed E-state index contributed by atoms with van der Waals surface area (Å²) >= 11 is 0. The molecular weight excluding hydrogens is 222 g/mol. The van der Waals surface area contributed by atoms with Crippen molar-refractivity contribution in [3.05, 3.63) is 36.1 Å². The Balaban J connectivity index is 4.29. The Labute approximate surface area is 112 Å². The number of hydrogen-bond donors (Lipinski definition) is 0. The monoisotopic (exact) mass is 249 g/mol. The number of allylic oxidation sites excluding steroid dienone is 3. The second-order valence-electron chi connectivity index (χ2n) is 5.20. The van der Waals surface area contributed by atoms with Gasteiger partial charge in [0, 0.05) is 12.5 Å². The van der Waals surface area contributed by atoms with Gasteiger partial charge in [0.05, 0.1) is 0 Å². The molecule has 0 fully saturated rings. The van der Waals surface area contributed by atoms with Crippen molar-refractivity contribution in [1.29, 1.82) is 0 Å². The van der Waals surface area contributed by atoms with Crippen LogP contribution >= 0.6 is 0 Å². The van der Waals surface area contributed by atoms with Crippen molar-refractivity contribution in [1.82, 2.24) is 4.90 Å². The minimum atomic E-state index is 0.0161. The van der Waals surface area contributed by atoms with E-state index in [1.54, 1.807) is 11.1 Å². The zero-order valence-electron chi connectivity index (χ0n) is 12.5. The van der Waals surface area contributed by atoms with Gasteiger partial charge >= 0.3 is 0 Å². The Hall–Kier alpha value is -1.31. The lowest BCUT2D eigenvalue weighted by atomic mass is 10.1. The van der Waals surface area contributed by atoms with Crippen LogP contribution in [-0.4, -0.2) is 17.4 Å². The van der Waals surface area contributed by atoms with Crippen LogP contribution in [0, 0.1) is 5.92 Å². The summed E-state index contributed by atoms with van der Waals surface area (Å²) in [5, 5.41) is 0. The maximum Gasteiger partial charge on any atom is 0.229 e. The van der Waals surface area contributed by atoms with E-state index in [-0.39, 0.29) is 11.8 Å². The molecule has 0 unspecified atom stereocenters. The zero-order valence-corrected chi connectivity index (χ0v) is 12.5. The third-order valence-electron chi connectivity index (χ3n) is 2.73. The van der Waals surface area contributed by atoms with E-state index in [1.165, 1.54) is 11.1 Å². The van der Waals surface area contributed by atoms with Crippen LogP contribution in [-0.2, 0) is 4.79 Å². The summed E-state index contributed by atoms with van der Waals surface area (Å²) in [7, 11) is 0. The normalized spacial score (nSPS) is 11.3. The van der Waals surface area contributed by atoms with Crippen LogP contribution in [0.3, 0.4) is 0 Å². The first-order valence-corrected chi connectivity index (χ1v) is 6.60. The molecule has 0 saturated carbocycles. The summed E-state index contributed by atoms with van der Waals surface area (Å²) in [4.78, 5) is 13.5. The molecule has 0 aliphatic heterocycles. The molecule has 102 valence electrons. The van der Waals surface area contributed by atoms with E-state index in [4.69, 9.17) is 0 Å². The topological polar surface area (TPSA) is 20.3 Å². The SMILES string of the molecule is C=CN(C/C=C(/C)CCC=C(C)C)C(=O)C(C)C. The number of hydrogen-bond acceptors (Lipinski definition) is 1. The van der Waals surface area contributed by atoms with Gasteiger partial charge in [-0.15, -0.1) is 0 Å². The van der Waals surface area contributed by atoms with Crippen LogP contribution in [0.5, 0.6) is 0 Å². The van der Waals surface area contributed by atoms with E-state index in [1.807, 2.05) is 13.8 Å². The van der Waals surface area contributed by atoms with Gasteiger partial charge in [0.25, 0.3) is 0 Å². The Morgan fingerprint density at radius 2 is 1.83 bits per heavy atom. The minimum absolute atomic E-state index is 0.0161. The van der Waals surface area contributed by atoms with Crippen molar-refractivity contribution < 1.29 is 4.79 Å². The van der Waals surface area contributed by atoms with Crippen molar-refractivity contribution in [2.75, 3.05) is 6.54 Å². The van der Waals surface area contributed by atoms with Crippen LogP contribution in [0.2, 0.25) is 0 Å². The average Bonchev–Trinajstić information content (AvgIpc) is 2.28. The third kappa shape index (κ3) is 7.10. The third-order valence-corrected chi connectivity index (χ3v) is 2.73. The Bertz CT molecular complexity index is 333. The molecule has 0 heterocycles. The summed E-state index contributed by atoms with van der Waals surface area (Å²) < 4.78 is 0. The predicted octanol–water partition coefficient (Wildman–Crippen LogP) is 4.31. The standard InChI is InChI=1S/C16H27NO/c1-7-17(16(18)14(4)5)12-11-15(6)10-8-9-13(2)3/h7,9,11,14H,1,8,10,12H2,2-6H3/b15-11-. The molecule has 2 heteroatoms. The highest BCUT2D eigenvalue weighted by Gasteiger charge is 2.12. The maximum atomic E-state index is 11.8. The molecular formula is C16H27NO. The first-order chi connectivity index (χ1) is 8.38. The smallest absolute Gasteiger partial charge is 0.229 e. The molecule has 18 heavy (non-hydrogen) atoms. The van der Waals surface area contributed by atoms with E-state index in [9.17, 15) is 4.79 Å². The average molecular weight is 249 g/mol. The molecule has 0 radical (unpaired) electrons. The fourth-order valence-electron chi connectivity index (χ4n) is 1.53. The van der Waals surface area contributed by atoms with E-state index in [2.05, 4.69) is 39.5 Å². The molecule has 0 N–H and O–H groups in total. The van der Waals surface area contributed by atoms with Gasteiger partial charge in [-0.1, -0.05) is 43.7 Å². The zero-order chi connectivity index (χ0) is 14.1. The van der Waals surface area contributed by atoms with Crippen molar-refractivity contribution in [2.45, 2.75) is 47.5 Å². The molecule has 1 amide bonds. The van der Waals surface area contributed by atoms with Gasteiger partial charge in [-0.3, -0.25) is 4.79 Å². The van der Waals surface area contributed by atoms with Gasteiger partial charge in [0.1, 0.15) is 0 Å². The molecule has 0 aliphatic rings. The van der Waals surface area contributed by atoms with Crippen LogP contribution in [0.25, 0.3) is 0 Å². The highest BCUT2D eigenvalue weighted by molar-refractivity contribution is 5.79. The largest absolute Gasteiger partial charge is 0.316 e. The van der Waals surface area contributed by atoms with E-state index in [0.717, 1.165) is 12.8 Å². The van der Waals surface area contributed by atoms with E-state index >= 15 is 0 Å². The minimum Gasteiger partial charge on any atom is -0.316 e. The lowest BCUT2D eigenvalue weighted by Crippen LogP contribution is -2.29. The van der Waals surface area contributed by atoms with Crippen LogP contribution in [0.15, 0.2) is 36.1 Å². The lowest BCUT2D eigenvalue weighted by molar-refractivity contribution is -0.131. The van der Waals surface area contributed by atoms with Crippen LogP contribution in [0.4, 0.5) is 0 Å². The quantitative estimate of drug-likeness (QED) is 0.616. The van der Waals surface area contributed by atoms with Gasteiger partial charge in [0.2, 0.25) is 5.91 Å². The molecule has 0 atom stereocenters. The van der Waals surface area contributed by atoms with E-state index < -0.39 is 0 Å². The second-order valence-corrected chi connectivity index (χ2v) is 5.20. The summed E-state index contributed by atoms with van der Waals surface area (Å²) in [6.07, 6.45) is 8.08. The van der Waals surface area contributed by atoms with Crippen LogP contribution in [0.1, 0.15) is 47.5 Å². The summed E-state index contributed by atoms with van der Waals surface area (Å²) in [6, 6.07) is 0. The maximum absolute atomic E-state index is 11.8. The molecule has 0 aromatic carbocycles. The Morgan fingerprint density at radius 1 is 1.22 bits per heavy atom. The van der Waals surface area contributed by atoms with Crippen molar-refractivity contribution in [3.8, 4) is 0 Å². The van der Waals surface area contributed by atoms with Crippen molar-refractivity contribution in [2.24, 2.45) is 5.92 Å². The van der Waals surface area contributed by atoms with E-state index in [0.29, 0.717) is 6.54 Å². The highest BCUT2D eigenvalue weighted by Crippen LogP contribution is 2.08. The molecule has 0 aromatic rings. The van der Waals surface area contributed by atoms with Gasteiger partial charge in [-0.2, -0.15) is 0 Å². The molecule has 0 spiro atoms. The Kier molecular flexibility index (Phi) is 8.10. The first-order valence-electron chi connectivity index (χ1n) is 6.60. The number of carbonyl (C=O) groups excluding carboxylic acids is 1. The molecule has 0 bridgehead atoms. The number of rotatable bonds is 7. The second kappa shape index (κ2) is 8.73. The van der Waals surface area contributed by atoms with Gasteiger partial charge in [-0.25, -0.2) is 0 Å². The number of nitrogens with zero attached hydrogens (tertiary/aromatic N) is 1. The fraction of sp³-hybridized carbons (Fsp3) is 0.562. The fourth-order valence-corrected chi connectivity index (χ4v) is 1.53. The predicted molar refractivity (Wildman–Crippen MR) is 79.2 cm³/mol. The van der Waals surface area contributed by atoms with Gasteiger partial charge in [0.15, 0.2) is 0 Å². The first kappa shape index (κ1) is 16.7. The number of amides is 1. The van der Waals surface area contributed by atoms with Crippen LogP contribution < -0.4 is 0 Å². The molecule has 0 rings (SSSR count).